The molecule has 2 heterocycles. The number of hydrogen-bond acceptors (Lipinski definition) is 6. The molecular weight excluding hydrogens is 317 g/mol. The Bertz CT molecular complexity index is 789. The number of aryl methyl sites for hydroxylation is 1. The molecule has 0 spiro atoms. The van der Waals surface area contributed by atoms with Gasteiger partial charge in [0.2, 0.25) is 0 Å². The Labute approximate surface area is 134 Å². The second kappa shape index (κ2) is 6.15. The van der Waals surface area contributed by atoms with Gasteiger partial charge in [0.1, 0.15) is 17.4 Å². The summed E-state index contributed by atoms with van der Waals surface area (Å²) in [4.78, 5) is 21.2. The molecule has 0 amide bonds. The largest absolute Gasteiger partial charge is 0.337 e. The van der Waals surface area contributed by atoms with Gasteiger partial charge in [-0.05, 0) is 32.3 Å². The minimum absolute atomic E-state index is 0.186. The number of nitrogens with zero attached hydrogens (tertiary/aromatic N) is 3. The molecule has 0 aromatic carbocycles. The van der Waals surface area contributed by atoms with Gasteiger partial charge in [0, 0.05) is 26.0 Å². The number of carbonyl (C=O) groups excluding carboxylic acids is 1. The van der Waals surface area contributed by atoms with Gasteiger partial charge in [0.05, 0.1) is 6.20 Å². The molecule has 1 aliphatic carbocycles. The molecule has 1 aliphatic rings. The third-order valence-corrected chi connectivity index (χ3v) is 6.14. The Morgan fingerprint density at radius 3 is 2.65 bits per heavy atom. The standard InChI is InChI=1S/C15H20N3O4P/c1-10-7-12-15(18(10)11-5-4-6-11)17-13(8-16-12)14(19)9-23(20,21-2)22-3/h7-8,11H,4-6,9H2,1-3H3. The summed E-state index contributed by atoms with van der Waals surface area (Å²) < 4.78 is 23.9. The van der Waals surface area contributed by atoms with E-state index in [-0.39, 0.29) is 11.9 Å². The van der Waals surface area contributed by atoms with Crippen molar-refractivity contribution in [1.29, 1.82) is 0 Å². The van der Waals surface area contributed by atoms with Gasteiger partial charge in [-0.15, -0.1) is 0 Å². The van der Waals surface area contributed by atoms with Crippen LogP contribution in [0, 0.1) is 6.92 Å². The van der Waals surface area contributed by atoms with Crippen LogP contribution in [-0.4, -0.2) is 40.7 Å². The molecule has 0 saturated heterocycles. The Balaban J connectivity index is 1.96. The Morgan fingerprint density at radius 1 is 1.39 bits per heavy atom. The maximum Gasteiger partial charge on any atom is 0.337 e. The van der Waals surface area contributed by atoms with Crippen LogP contribution >= 0.6 is 7.60 Å². The maximum atomic E-state index is 12.3. The van der Waals surface area contributed by atoms with Crippen molar-refractivity contribution in [2.45, 2.75) is 32.2 Å². The van der Waals surface area contributed by atoms with Crippen molar-refractivity contribution < 1.29 is 18.4 Å². The van der Waals surface area contributed by atoms with Gasteiger partial charge < -0.3 is 13.6 Å². The van der Waals surface area contributed by atoms with Crippen LogP contribution in [0.4, 0.5) is 0 Å². The van der Waals surface area contributed by atoms with E-state index in [0.717, 1.165) is 24.1 Å². The minimum Gasteiger partial charge on any atom is -0.325 e. The van der Waals surface area contributed by atoms with E-state index < -0.39 is 13.4 Å². The number of hydrogen-bond donors (Lipinski definition) is 0. The predicted molar refractivity (Wildman–Crippen MR) is 86.0 cm³/mol. The van der Waals surface area contributed by atoms with Crippen LogP contribution in [0.2, 0.25) is 0 Å². The van der Waals surface area contributed by atoms with Crippen molar-refractivity contribution in [3.05, 3.63) is 23.7 Å². The molecule has 2 aromatic heterocycles. The highest BCUT2D eigenvalue weighted by Gasteiger charge is 2.28. The van der Waals surface area contributed by atoms with Crippen LogP contribution in [-0.2, 0) is 13.6 Å². The lowest BCUT2D eigenvalue weighted by Crippen LogP contribution is -2.19. The van der Waals surface area contributed by atoms with Crippen LogP contribution in [0.25, 0.3) is 11.2 Å². The number of fused-ring (bicyclic) bond motifs is 1. The first-order valence-electron chi connectivity index (χ1n) is 7.56. The molecule has 124 valence electrons. The zero-order chi connectivity index (χ0) is 16.6. The van der Waals surface area contributed by atoms with Gasteiger partial charge >= 0.3 is 7.60 Å². The van der Waals surface area contributed by atoms with Gasteiger partial charge in [0.15, 0.2) is 11.4 Å². The number of Topliss-reactive ketones (excluding diaryl/α,β-unsaturated/α-hetero) is 1. The predicted octanol–water partition coefficient (Wildman–Crippen LogP) is 3.13. The molecule has 0 unspecified atom stereocenters. The fourth-order valence-electron chi connectivity index (χ4n) is 2.80. The summed E-state index contributed by atoms with van der Waals surface area (Å²) in [6.07, 6.45) is 4.52. The first kappa shape index (κ1) is 16.3. The minimum atomic E-state index is -3.41. The quantitative estimate of drug-likeness (QED) is 0.595. The number of aromatic nitrogens is 3. The van der Waals surface area contributed by atoms with Gasteiger partial charge in [-0.25, -0.2) is 4.98 Å². The van der Waals surface area contributed by atoms with Crippen molar-refractivity contribution in [2.75, 3.05) is 20.4 Å². The molecule has 0 atom stereocenters. The highest BCUT2D eigenvalue weighted by Crippen LogP contribution is 2.46. The van der Waals surface area contributed by atoms with E-state index in [9.17, 15) is 9.36 Å². The summed E-state index contributed by atoms with van der Waals surface area (Å²) in [5, 5.41) is 0. The zero-order valence-electron chi connectivity index (χ0n) is 13.5. The molecule has 0 bridgehead atoms. The van der Waals surface area contributed by atoms with Crippen LogP contribution in [0.5, 0.6) is 0 Å². The van der Waals surface area contributed by atoms with E-state index in [2.05, 4.69) is 14.5 Å². The van der Waals surface area contributed by atoms with E-state index in [0.29, 0.717) is 11.7 Å². The van der Waals surface area contributed by atoms with E-state index in [1.165, 1.54) is 26.8 Å². The molecule has 1 fully saturated rings. The van der Waals surface area contributed by atoms with Crippen LogP contribution in [0.1, 0.15) is 41.5 Å². The molecule has 7 nitrogen and oxygen atoms in total. The Morgan fingerprint density at radius 2 is 2.09 bits per heavy atom. The maximum absolute atomic E-state index is 12.3. The summed E-state index contributed by atoms with van der Waals surface area (Å²) in [6, 6.07) is 2.40. The molecule has 3 rings (SSSR count). The highest BCUT2D eigenvalue weighted by molar-refractivity contribution is 7.54. The Hall–Kier alpha value is -1.56. The van der Waals surface area contributed by atoms with Gasteiger partial charge in [-0.3, -0.25) is 14.3 Å². The lowest BCUT2D eigenvalue weighted by Gasteiger charge is -2.28. The van der Waals surface area contributed by atoms with E-state index in [1.54, 1.807) is 0 Å². The van der Waals surface area contributed by atoms with Gasteiger partial charge in [0.25, 0.3) is 0 Å². The zero-order valence-corrected chi connectivity index (χ0v) is 14.4. The summed E-state index contributed by atoms with van der Waals surface area (Å²) in [7, 11) is -0.885. The number of rotatable bonds is 6. The second-order valence-electron chi connectivity index (χ2n) is 5.76. The van der Waals surface area contributed by atoms with Crippen molar-refractivity contribution in [1.82, 2.24) is 14.5 Å². The molecule has 1 saturated carbocycles. The lowest BCUT2D eigenvalue weighted by atomic mass is 9.93. The summed E-state index contributed by atoms with van der Waals surface area (Å²) in [6.45, 7) is 2.02. The lowest BCUT2D eigenvalue weighted by molar-refractivity contribution is 0.100. The van der Waals surface area contributed by atoms with Crippen molar-refractivity contribution in [3.8, 4) is 0 Å². The first-order chi connectivity index (χ1) is 11.0. The van der Waals surface area contributed by atoms with E-state index in [4.69, 9.17) is 9.05 Å². The molecule has 23 heavy (non-hydrogen) atoms. The average Bonchev–Trinajstić information content (AvgIpc) is 2.81. The van der Waals surface area contributed by atoms with Crippen LogP contribution in [0.3, 0.4) is 0 Å². The topological polar surface area (TPSA) is 83.3 Å². The smallest absolute Gasteiger partial charge is 0.325 e. The second-order valence-corrected chi connectivity index (χ2v) is 8.03. The van der Waals surface area contributed by atoms with Crippen LogP contribution < -0.4 is 0 Å². The fraction of sp³-hybridized carbons (Fsp3) is 0.533. The third-order valence-electron chi connectivity index (χ3n) is 4.35. The average molecular weight is 337 g/mol. The SMILES string of the molecule is COP(=O)(CC(=O)c1cnc2cc(C)n(C3CCC3)c2n1)OC. The van der Waals surface area contributed by atoms with Gasteiger partial charge in [-0.1, -0.05) is 0 Å². The molecule has 2 aromatic rings. The summed E-state index contributed by atoms with van der Waals surface area (Å²) in [5.74, 6) is -0.398. The molecule has 0 aliphatic heterocycles. The number of ketones is 1. The van der Waals surface area contributed by atoms with Crippen LogP contribution in [0.15, 0.2) is 12.3 Å². The summed E-state index contributed by atoms with van der Waals surface area (Å²) in [5.41, 5.74) is 2.76. The Kier molecular flexibility index (Phi) is 4.36. The monoisotopic (exact) mass is 337 g/mol. The van der Waals surface area contributed by atoms with Gasteiger partial charge in [-0.2, -0.15) is 0 Å². The molecular formula is C15H20N3O4P. The molecule has 0 N–H and O–H groups in total. The highest BCUT2D eigenvalue weighted by atomic mass is 31.2. The molecule has 0 radical (unpaired) electrons. The van der Waals surface area contributed by atoms with E-state index in [1.807, 2.05) is 13.0 Å². The van der Waals surface area contributed by atoms with Crippen molar-refractivity contribution in [2.24, 2.45) is 0 Å². The summed E-state index contributed by atoms with van der Waals surface area (Å²) >= 11 is 0. The van der Waals surface area contributed by atoms with Crippen molar-refractivity contribution in [3.63, 3.8) is 0 Å². The van der Waals surface area contributed by atoms with E-state index >= 15 is 0 Å². The fourth-order valence-corrected chi connectivity index (χ4v) is 3.72. The van der Waals surface area contributed by atoms with Crippen molar-refractivity contribution >= 4 is 24.5 Å². The third kappa shape index (κ3) is 2.96. The normalized spacial score (nSPS) is 15.8. The number of carbonyl (C=O) groups is 1. The first-order valence-corrected chi connectivity index (χ1v) is 9.28. The molecule has 8 heteroatoms.